The molecule has 5 nitrogen and oxygen atoms in total. The SMILES string of the molecule is CCC(CCCSc1cnccn1)(NC1CC1)C(=O)O. The van der Waals surface area contributed by atoms with Crippen LogP contribution >= 0.6 is 11.8 Å². The monoisotopic (exact) mass is 295 g/mol. The first-order valence-electron chi connectivity index (χ1n) is 7.06. The van der Waals surface area contributed by atoms with Crippen LogP contribution in [-0.4, -0.2) is 38.4 Å². The second-order valence-corrected chi connectivity index (χ2v) is 6.27. The number of carboxylic acids is 1. The quantitative estimate of drug-likeness (QED) is 0.538. The Hall–Kier alpha value is -1.14. The standard InChI is InChI=1S/C14H21N3O2S/c1-2-14(13(18)19,17-11-4-5-11)6-3-9-20-12-10-15-7-8-16-12/h7-8,10-11,17H,2-6,9H2,1H3,(H,18,19). The molecule has 2 rings (SSSR count). The molecule has 0 aromatic carbocycles. The molecule has 1 aliphatic carbocycles. The van der Waals surface area contributed by atoms with E-state index >= 15 is 0 Å². The highest BCUT2D eigenvalue weighted by Crippen LogP contribution is 2.28. The fourth-order valence-corrected chi connectivity index (χ4v) is 2.97. The van der Waals surface area contributed by atoms with Gasteiger partial charge in [0.15, 0.2) is 0 Å². The third-order valence-corrected chi connectivity index (χ3v) is 4.61. The molecule has 1 atom stereocenters. The van der Waals surface area contributed by atoms with Gasteiger partial charge < -0.3 is 5.11 Å². The summed E-state index contributed by atoms with van der Waals surface area (Å²) in [7, 11) is 0. The van der Waals surface area contributed by atoms with Crippen LogP contribution in [0.5, 0.6) is 0 Å². The van der Waals surface area contributed by atoms with Crippen LogP contribution in [0.1, 0.15) is 39.0 Å². The first-order chi connectivity index (χ1) is 9.66. The van der Waals surface area contributed by atoms with Gasteiger partial charge in [-0.05, 0) is 37.9 Å². The summed E-state index contributed by atoms with van der Waals surface area (Å²) < 4.78 is 0. The van der Waals surface area contributed by atoms with E-state index in [0.29, 0.717) is 18.9 Å². The van der Waals surface area contributed by atoms with Crippen LogP contribution in [0.25, 0.3) is 0 Å². The van der Waals surface area contributed by atoms with Crippen LogP contribution in [0.4, 0.5) is 0 Å². The Kier molecular flexibility index (Phi) is 5.37. The Labute approximate surface area is 123 Å². The van der Waals surface area contributed by atoms with Crippen molar-refractivity contribution in [2.75, 3.05) is 5.75 Å². The molecule has 1 heterocycles. The molecule has 1 aromatic rings. The van der Waals surface area contributed by atoms with Crippen molar-refractivity contribution in [3.63, 3.8) is 0 Å². The van der Waals surface area contributed by atoms with Crippen molar-refractivity contribution < 1.29 is 9.90 Å². The maximum Gasteiger partial charge on any atom is 0.323 e. The van der Waals surface area contributed by atoms with E-state index < -0.39 is 11.5 Å². The molecule has 1 aromatic heterocycles. The Morgan fingerprint density at radius 3 is 2.90 bits per heavy atom. The fraction of sp³-hybridized carbons (Fsp3) is 0.643. The van der Waals surface area contributed by atoms with E-state index in [1.165, 1.54) is 0 Å². The maximum absolute atomic E-state index is 11.6. The summed E-state index contributed by atoms with van der Waals surface area (Å²) in [6.45, 7) is 1.94. The second kappa shape index (κ2) is 7.04. The van der Waals surface area contributed by atoms with Gasteiger partial charge in [-0.25, -0.2) is 4.98 Å². The molecule has 110 valence electrons. The van der Waals surface area contributed by atoms with Crippen molar-refractivity contribution in [3.8, 4) is 0 Å². The number of nitrogens with zero attached hydrogens (tertiary/aromatic N) is 2. The predicted molar refractivity (Wildman–Crippen MR) is 78.8 cm³/mol. The summed E-state index contributed by atoms with van der Waals surface area (Å²) in [6, 6.07) is 0.402. The number of nitrogens with one attached hydrogen (secondary N) is 1. The van der Waals surface area contributed by atoms with Gasteiger partial charge >= 0.3 is 5.97 Å². The summed E-state index contributed by atoms with van der Waals surface area (Å²) in [4.78, 5) is 19.8. The third-order valence-electron chi connectivity index (χ3n) is 3.61. The molecule has 1 fully saturated rings. The topological polar surface area (TPSA) is 75.1 Å². The predicted octanol–water partition coefficient (Wildman–Crippen LogP) is 2.33. The zero-order chi connectivity index (χ0) is 14.4. The van der Waals surface area contributed by atoms with Crippen molar-refractivity contribution in [1.82, 2.24) is 15.3 Å². The highest BCUT2D eigenvalue weighted by Gasteiger charge is 2.40. The minimum absolute atomic E-state index is 0.402. The molecule has 0 amide bonds. The van der Waals surface area contributed by atoms with Crippen LogP contribution in [0.2, 0.25) is 0 Å². The number of aliphatic carboxylic acids is 1. The van der Waals surface area contributed by atoms with E-state index in [0.717, 1.165) is 30.0 Å². The van der Waals surface area contributed by atoms with Gasteiger partial charge in [0.05, 0.1) is 6.20 Å². The number of thioether (sulfide) groups is 1. The molecule has 1 saturated carbocycles. The molecule has 0 saturated heterocycles. The van der Waals surface area contributed by atoms with Gasteiger partial charge in [-0.1, -0.05) is 6.92 Å². The van der Waals surface area contributed by atoms with Crippen molar-refractivity contribution in [2.45, 2.75) is 55.6 Å². The lowest BCUT2D eigenvalue weighted by Gasteiger charge is -2.29. The molecule has 1 aliphatic rings. The molecule has 0 spiro atoms. The highest BCUT2D eigenvalue weighted by atomic mass is 32.2. The smallest absolute Gasteiger partial charge is 0.323 e. The van der Waals surface area contributed by atoms with Gasteiger partial charge in [0.25, 0.3) is 0 Å². The summed E-state index contributed by atoms with van der Waals surface area (Å²) in [5, 5.41) is 13.7. The van der Waals surface area contributed by atoms with Crippen molar-refractivity contribution in [2.24, 2.45) is 0 Å². The minimum atomic E-state index is -0.760. The first kappa shape index (κ1) is 15.3. The number of carbonyl (C=O) groups is 1. The summed E-state index contributed by atoms with van der Waals surface area (Å²) in [5.74, 6) is 0.136. The normalized spacial score (nSPS) is 17.6. The summed E-state index contributed by atoms with van der Waals surface area (Å²) in [6.07, 6.45) is 9.38. The molecule has 1 unspecified atom stereocenters. The van der Waals surface area contributed by atoms with Crippen molar-refractivity contribution >= 4 is 17.7 Å². The largest absolute Gasteiger partial charge is 0.480 e. The van der Waals surface area contributed by atoms with Crippen molar-refractivity contribution in [3.05, 3.63) is 18.6 Å². The number of rotatable bonds is 9. The Morgan fingerprint density at radius 1 is 1.55 bits per heavy atom. The zero-order valence-corrected chi connectivity index (χ0v) is 12.5. The van der Waals surface area contributed by atoms with E-state index in [1.54, 1.807) is 30.4 Å². The molecule has 2 N–H and O–H groups in total. The fourth-order valence-electron chi connectivity index (χ4n) is 2.20. The van der Waals surface area contributed by atoms with Gasteiger partial charge in [0, 0.05) is 18.4 Å². The lowest BCUT2D eigenvalue weighted by atomic mass is 9.90. The second-order valence-electron chi connectivity index (χ2n) is 5.16. The molecule has 0 aliphatic heterocycles. The number of aromatic nitrogens is 2. The van der Waals surface area contributed by atoms with E-state index in [4.69, 9.17) is 0 Å². The van der Waals surface area contributed by atoms with Gasteiger partial charge in [0.2, 0.25) is 0 Å². The number of hydrogen-bond acceptors (Lipinski definition) is 5. The lowest BCUT2D eigenvalue weighted by Crippen LogP contribution is -2.52. The van der Waals surface area contributed by atoms with Crippen LogP contribution in [0.15, 0.2) is 23.6 Å². The number of carboxylic acid groups (broad SMARTS) is 1. The van der Waals surface area contributed by atoms with Crippen LogP contribution in [-0.2, 0) is 4.79 Å². The Bertz CT molecular complexity index is 439. The van der Waals surface area contributed by atoms with Gasteiger partial charge in [-0.2, -0.15) is 0 Å². The Balaban J connectivity index is 1.80. The van der Waals surface area contributed by atoms with E-state index in [9.17, 15) is 9.90 Å². The van der Waals surface area contributed by atoms with Gasteiger partial charge in [-0.3, -0.25) is 15.1 Å². The molecular weight excluding hydrogens is 274 g/mol. The number of hydrogen-bond donors (Lipinski definition) is 2. The van der Waals surface area contributed by atoms with E-state index in [1.807, 2.05) is 6.92 Å². The third kappa shape index (κ3) is 4.18. The molecule has 20 heavy (non-hydrogen) atoms. The van der Waals surface area contributed by atoms with Gasteiger partial charge in [0.1, 0.15) is 10.6 Å². The van der Waals surface area contributed by atoms with Crippen LogP contribution in [0, 0.1) is 0 Å². The average Bonchev–Trinajstić information content (AvgIpc) is 3.27. The van der Waals surface area contributed by atoms with Crippen LogP contribution < -0.4 is 5.32 Å². The van der Waals surface area contributed by atoms with Crippen LogP contribution in [0.3, 0.4) is 0 Å². The average molecular weight is 295 g/mol. The highest BCUT2D eigenvalue weighted by molar-refractivity contribution is 7.99. The van der Waals surface area contributed by atoms with Crippen molar-refractivity contribution in [1.29, 1.82) is 0 Å². The summed E-state index contributed by atoms with van der Waals surface area (Å²) in [5.41, 5.74) is -0.760. The van der Waals surface area contributed by atoms with E-state index in [-0.39, 0.29) is 0 Å². The minimum Gasteiger partial charge on any atom is -0.480 e. The van der Waals surface area contributed by atoms with E-state index in [2.05, 4.69) is 15.3 Å². The summed E-state index contributed by atoms with van der Waals surface area (Å²) >= 11 is 1.62. The van der Waals surface area contributed by atoms with Gasteiger partial charge in [-0.15, -0.1) is 11.8 Å². The molecule has 0 radical (unpaired) electrons. The first-order valence-corrected chi connectivity index (χ1v) is 8.05. The Morgan fingerprint density at radius 2 is 2.35 bits per heavy atom. The molecule has 6 heteroatoms. The zero-order valence-electron chi connectivity index (χ0n) is 11.7. The molecular formula is C14H21N3O2S. The maximum atomic E-state index is 11.6. The molecule has 0 bridgehead atoms. The lowest BCUT2D eigenvalue weighted by molar-refractivity contribution is -0.145.